The number of carbonyl (C=O) groups is 2. The smallest absolute Gasteiger partial charge is 0.344 e. The van der Waals surface area contributed by atoms with Crippen LogP contribution in [0.1, 0.15) is 12.5 Å². The third kappa shape index (κ3) is 3.61. The summed E-state index contributed by atoms with van der Waals surface area (Å²) < 4.78 is 5.09. The number of rotatable bonds is 5. The zero-order valence-corrected chi connectivity index (χ0v) is 8.71. The van der Waals surface area contributed by atoms with Crippen molar-refractivity contribution in [2.75, 3.05) is 0 Å². The van der Waals surface area contributed by atoms with Crippen molar-refractivity contribution in [1.82, 2.24) is 0 Å². The largest absolute Gasteiger partial charge is 0.481 e. The topological polar surface area (TPSA) is 83.8 Å². The van der Waals surface area contributed by atoms with Crippen LogP contribution in [0.4, 0.5) is 0 Å². The van der Waals surface area contributed by atoms with Gasteiger partial charge in [0.15, 0.2) is 6.10 Å². The number of hydrogen-bond acceptors (Lipinski definition) is 3. The lowest BCUT2D eigenvalue weighted by Gasteiger charge is -2.10. The summed E-state index contributed by atoms with van der Waals surface area (Å²) in [7, 11) is 0. The molecule has 0 aliphatic rings. The highest BCUT2D eigenvalue weighted by molar-refractivity contribution is 5.72. The molecule has 0 amide bonds. The highest BCUT2D eigenvalue weighted by Gasteiger charge is 2.12. The number of carboxylic acid groups (broad SMARTS) is 2. The number of ether oxygens (including phenoxy) is 1. The van der Waals surface area contributed by atoms with Crippen LogP contribution in [0.3, 0.4) is 0 Å². The van der Waals surface area contributed by atoms with Gasteiger partial charge in [0.2, 0.25) is 0 Å². The van der Waals surface area contributed by atoms with Gasteiger partial charge in [0.1, 0.15) is 5.75 Å². The van der Waals surface area contributed by atoms with Gasteiger partial charge in [-0.25, -0.2) is 4.79 Å². The summed E-state index contributed by atoms with van der Waals surface area (Å²) in [4.78, 5) is 20.9. The van der Waals surface area contributed by atoms with Crippen LogP contribution < -0.4 is 4.74 Å². The summed E-state index contributed by atoms with van der Waals surface area (Å²) in [6.45, 7) is 1.42. The second-order valence-corrected chi connectivity index (χ2v) is 3.31. The average molecular weight is 224 g/mol. The zero-order valence-electron chi connectivity index (χ0n) is 8.71. The van der Waals surface area contributed by atoms with Crippen molar-refractivity contribution in [2.45, 2.75) is 19.4 Å². The van der Waals surface area contributed by atoms with Crippen LogP contribution in [0.2, 0.25) is 0 Å². The van der Waals surface area contributed by atoms with Crippen molar-refractivity contribution in [1.29, 1.82) is 0 Å². The Labute approximate surface area is 92.3 Å². The molecule has 0 aliphatic carbocycles. The molecule has 1 aromatic rings. The van der Waals surface area contributed by atoms with Crippen molar-refractivity contribution in [2.24, 2.45) is 0 Å². The van der Waals surface area contributed by atoms with E-state index in [1.807, 2.05) is 0 Å². The SMILES string of the molecule is CC(Oc1ccc(CC(=O)O)cc1)C(=O)O. The number of hydrogen-bond donors (Lipinski definition) is 2. The zero-order chi connectivity index (χ0) is 12.1. The molecule has 2 N–H and O–H groups in total. The molecule has 86 valence electrons. The van der Waals surface area contributed by atoms with Crippen LogP contribution >= 0.6 is 0 Å². The molecule has 1 aromatic carbocycles. The van der Waals surface area contributed by atoms with Crippen molar-refractivity contribution >= 4 is 11.9 Å². The Morgan fingerprint density at radius 2 is 1.81 bits per heavy atom. The van der Waals surface area contributed by atoms with Gasteiger partial charge in [0, 0.05) is 0 Å². The molecule has 5 heteroatoms. The van der Waals surface area contributed by atoms with Crippen LogP contribution in [0, 0.1) is 0 Å². The summed E-state index contributed by atoms with van der Waals surface area (Å²) in [6.07, 6.45) is -0.986. The van der Waals surface area contributed by atoms with Gasteiger partial charge < -0.3 is 14.9 Å². The van der Waals surface area contributed by atoms with Gasteiger partial charge >= 0.3 is 11.9 Å². The average Bonchev–Trinajstić information content (AvgIpc) is 2.20. The lowest BCUT2D eigenvalue weighted by atomic mass is 10.1. The minimum Gasteiger partial charge on any atom is -0.481 e. The maximum atomic E-state index is 10.5. The van der Waals surface area contributed by atoms with E-state index in [2.05, 4.69) is 0 Å². The fourth-order valence-corrected chi connectivity index (χ4v) is 1.12. The predicted molar refractivity (Wildman–Crippen MR) is 55.5 cm³/mol. The van der Waals surface area contributed by atoms with E-state index < -0.39 is 18.0 Å². The van der Waals surface area contributed by atoms with Gasteiger partial charge in [-0.1, -0.05) is 12.1 Å². The molecule has 0 aliphatic heterocycles. The van der Waals surface area contributed by atoms with Crippen LogP contribution in [0.15, 0.2) is 24.3 Å². The van der Waals surface area contributed by atoms with Gasteiger partial charge in [-0.15, -0.1) is 0 Å². The second kappa shape index (κ2) is 5.16. The molecule has 1 rings (SSSR count). The fraction of sp³-hybridized carbons (Fsp3) is 0.273. The monoisotopic (exact) mass is 224 g/mol. The quantitative estimate of drug-likeness (QED) is 0.784. The van der Waals surface area contributed by atoms with Gasteiger partial charge in [-0.2, -0.15) is 0 Å². The summed E-state index contributed by atoms with van der Waals surface area (Å²) in [6, 6.07) is 6.30. The Morgan fingerprint density at radius 3 is 2.25 bits per heavy atom. The van der Waals surface area contributed by atoms with Crippen LogP contribution in [0.5, 0.6) is 5.75 Å². The molecule has 0 bridgehead atoms. The molecular weight excluding hydrogens is 212 g/mol. The summed E-state index contributed by atoms with van der Waals surface area (Å²) >= 11 is 0. The first-order valence-corrected chi connectivity index (χ1v) is 4.69. The van der Waals surface area contributed by atoms with E-state index >= 15 is 0 Å². The van der Waals surface area contributed by atoms with E-state index in [1.54, 1.807) is 24.3 Å². The fourth-order valence-electron chi connectivity index (χ4n) is 1.12. The molecule has 0 radical (unpaired) electrons. The van der Waals surface area contributed by atoms with E-state index in [4.69, 9.17) is 14.9 Å². The number of carboxylic acids is 2. The Bertz CT molecular complexity index is 382. The van der Waals surface area contributed by atoms with Gasteiger partial charge in [-0.05, 0) is 24.6 Å². The Kier molecular flexibility index (Phi) is 3.88. The molecule has 0 aromatic heterocycles. The molecule has 16 heavy (non-hydrogen) atoms. The molecule has 0 heterocycles. The Balaban J connectivity index is 2.64. The normalized spacial score (nSPS) is 11.8. The number of benzene rings is 1. The summed E-state index contributed by atoms with van der Waals surface area (Å²) in [5.74, 6) is -1.55. The minimum absolute atomic E-state index is 0.0607. The van der Waals surface area contributed by atoms with E-state index in [9.17, 15) is 9.59 Å². The molecule has 0 fully saturated rings. The lowest BCUT2D eigenvalue weighted by Crippen LogP contribution is -2.22. The maximum absolute atomic E-state index is 10.5. The third-order valence-corrected chi connectivity index (χ3v) is 1.94. The maximum Gasteiger partial charge on any atom is 0.344 e. The minimum atomic E-state index is -1.05. The van der Waals surface area contributed by atoms with Gasteiger partial charge in [0.25, 0.3) is 0 Å². The van der Waals surface area contributed by atoms with Gasteiger partial charge in [-0.3, -0.25) is 4.79 Å². The summed E-state index contributed by atoms with van der Waals surface area (Å²) in [5, 5.41) is 17.2. The van der Waals surface area contributed by atoms with Crippen molar-refractivity contribution < 1.29 is 24.5 Å². The van der Waals surface area contributed by atoms with Crippen LogP contribution in [-0.4, -0.2) is 28.3 Å². The van der Waals surface area contributed by atoms with E-state index in [0.717, 1.165) is 0 Å². The van der Waals surface area contributed by atoms with E-state index in [0.29, 0.717) is 11.3 Å². The van der Waals surface area contributed by atoms with E-state index in [-0.39, 0.29) is 6.42 Å². The van der Waals surface area contributed by atoms with Crippen LogP contribution in [0.25, 0.3) is 0 Å². The second-order valence-electron chi connectivity index (χ2n) is 3.31. The first kappa shape index (κ1) is 12.0. The van der Waals surface area contributed by atoms with Crippen molar-refractivity contribution in [3.63, 3.8) is 0 Å². The highest BCUT2D eigenvalue weighted by atomic mass is 16.5. The molecule has 5 nitrogen and oxygen atoms in total. The predicted octanol–water partition coefficient (Wildman–Crippen LogP) is 1.17. The molecule has 0 saturated heterocycles. The molecule has 1 unspecified atom stereocenters. The molecular formula is C11H12O5. The first-order chi connectivity index (χ1) is 7.49. The third-order valence-electron chi connectivity index (χ3n) is 1.94. The number of aliphatic carboxylic acids is 2. The highest BCUT2D eigenvalue weighted by Crippen LogP contribution is 2.14. The standard InChI is InChI=1S/C11H12O5/c1-7(11(14)15)16-9-4-2-8(3-5-9)6-10(12)13/h2-5,7H,6H2,1H3,(H,12,13)(H,14,15). The van der Waals surface area contributed by atoms with Crippen molar-refractivity contribution in [3.05, 3.63) is 29.8 Å². The Morgan fingerprint density at radius 1 is 1.25 bits per heavy atom. The molecule has 1 atom stereocenters. The van der Waals surface area contributed by atoms with Crippen LogP contribution in [-0.2, 0) is 16.0 Å². The van der Waals surface area contributed by atoms with E-state index in [1.165, 1.54) is 6.92 Å². The molecule has 0 saturated carbocycles. The Hall–Kier alpha value is -2.04. The van der Waals surface area contributed by atoms with Crippen molar-refractivity contribution in [3.8, 4) is 5.75 Å². The first-order valence-electron chi connectivity index (χ1n) is 4.69. The lowest BCUT2D eigenvalue weighted by molar-refractivity contribution is -0.144. The molecule has 0 spiro atoms. The van der Waals surface area contributed by atoms with Gasteiger partial charge in [0.05, 0.1) is 6.42 Å². The summed E-state index contributed by atoms with van der Waals surface area (Å²) in [5.41, 5.74) is 0.642.